The summed E-state index contributed by atoms with van der Waals surface area (Å²) in [6.07, 6.45) is 1.39. The number of nitrogens with one attached hydrogen (secondary N) is 1. The molecule has 1 aromatic carbocycles. The fourth-order valence-corrected chi connectivity index (χ4v) is 2.31. The van der Waals surface area contributed by atoms with Gasteiger partial charge in [0.25, 0.3) is 5.91 Å². The standard InChI is InChI=1S/C15H10ClFN4O3/c16-9-5-8(1-2-10(9)17)7-18-14(22)11-6-12(15(23)24)21-13(20-11)3-4-19-21/h1-6H,7H2,(H,18,22)(H,23,24). The minimum atomic E-state index is -1.23. The van der Waals surface area contributed by atoms with Crippen molar-refractivity contribution in [2.45, 2.75) is 6.54 Å². The van der Waals surface area contributed by atoms with E-state index >= 15 is 0 Å². The number of aromatic carboxylic acids is 1. The Morgan fingerprint density at radius 3 is 2.79 bits per heavy atom. The van der Waals surface area contributed by atoms with E-state index in [-0.39, 0.29) is 28.6 Å². The van der Waals surface area contributed by atoms with Gasteiger partial charge in [-0.1, -0.05) is 17.7 Å². The molecule has 0 aliphatic rings. The van der Waals surface area contributed by atoms with Crippen LogP contribution in [0.2, 0.25) is 5.02 Å². The minimum absolute atomic E-state index is 0.0475. The maximum absolute atomic E-state index is 13.1. The summed E-state index contributed by atoms with van der Waals surface area (Å²) in [5.74, 6) is -2.35. The van der Waals surface area contributed by atoms with E-state index in [1.807, 2.05) is 0 Å². The largest absolute Gasteiger partial charge is 0.477 e. The molecule has 24 heavy (non-hydrogen) atoms. The zero-order valence-corrected chi connectivity index (χ0v) is 12.8. The van der Waals surface area contributed by atoms with Gasteiger partial charge in [0.1, 0.15) is 11.5 Å². The lowest BCUT2D eigenvalue weighted by Gasteiger charge is -2.07. The van der Waals surface area contributed by atoms with Crippen molar-refractivity contribution in [2.24, 2.45) is 0 Å². The van der Waals surface area contributed by atoms with Gasteiger partial charge in [0.2, 0.25) is 0 Å². The number of hydrogen-bond donors (Lipinski definition) is 2. The maximum atomic E-state index is 13.1. The highest BCUT2D eigenvalue weighted by Gasteiger charge is 2.16. The lowest BCUT2D eigenvalue weighted by atomic mass is 10.2. The molecule has 0 aliphatic carbocycles. The molecule has 0 radical (unpaired) electrons. The Morgan fingerprint density at radius 2 is 2.08 bits per heavy atom. The van der Waals surface area contributed by atoms with Crippen LogP contribution in [0.1, 0.15) is 26.5 Å². The SMILES string of the molecule is O=C(NCc1ccc(F)c(Cl)c1)c1cc(C(=O)O)n2nccc2n1. The lowest BCUT2D eigenvalue weighted by molar-refractivity contribution is 0.0687. The molecule has 2 aromatic heterocycles. The molecule has 7 nitrogen and oxygen atoms in total. The van der Waals surface area contributed by atoms with E-state index in [1.54, 1.807) is 0 Å². The van der Waals surface area contributed by atoms with Crippen molar-refractivity contribution in [3.63, 3.8) is 0 Å². The molecule has 122 valence electrons. The highest BCUT2D eigenvalue weighted by molar-refractivity contribution is 6.30. The van der Waals surface area contributed by atoms with E-state index in [4.69, 9.17) is 11.6 Å². The average molecular weight is 349 g/mol. The van der Waals surface area contributed by atoms with Gasteiger partial charge < -0.3 is 10.4 Å². The normalized spacial score (nSPS) is 10.8. The molecule has 2 N–H and O–H groups in total. The van der Waals surface area contributed by atoms with Gasteiger partial charge in [-0.15, -0.1) is 0 Å². The fraction of sp³-hybridized carbons (Fsp3) is 0.0667. The topological polar surface area (TPSA) is 96.6 Å². The highest BCUT2D eigenvalue weighted by atomic mass is 35.5. The van der Waals surface area contributed by atoms with Crippen LogP contribution in [0.5, 0.6) is 0 Å². The van der Waals surface area contributed by atoms with Gasteiger partial charge in [0.05, 0.1) is 11.2 Å². The molecule has 0 saturated carbocycles. The number of carboxylic acids is 1. The molecule has 0 aliphatic heterocycles. The summed E-state index contributed by atoms with van der Waals surface area (Å²) >= 11 is 5.68. The molecule has 2 heterocycles. The third-order valence-electron chi connectivity index (χ3n) is 3.25. The van der Waals surface area contributed by atoms with Gasteiger partial charge in [-0.2, -0.15) is 5.10 Å². The van der Waals surface area contributed by atoms with E-state index in [0.717, 1.165) is 10.6 Å². The van der Waals surface area contributed by atoms with Crippen LogP contribution in [-0.2, 0) is 6.54 Å². The molecule has 0 spiro atoms. The maximum Gasteiger partial charge on any atom is 0.354 e. The molecule has 3 aromatic rings. The van der Waals surface area contributed by atoms with E-state index in [2.05, 4.69) is 15.4 Å². The predicted molar refractivity (Wildman–Crippen MR) is 82.5 cm³/mol. The van der Waals surface area contributed by atoms with Crippen molar-refractivity contribution < 1.29 is 19.1 Å². The van der Waals surface area contributed by atoms with Crippen molar-refractivity contribution in [1.29, 1.82) is 0 Å². The van der Waals surface area contributed by atoms with E-state index in [1.165, 1.54) is 30.5 Å². The van der Waals surface area contributed by atoms with E-state index in [9.17, 15) is 19.1 Å². The first-order chi connectivity index (χ1) is 11.5. The number of amides is 1. The van der Waals surface area contributed by atoms with Gasteiger partial charge in [-0.3, -0.25) is 4.79 Å². The summed E-state index contributed by atoms with van der Waals surface area (Å²) in [5, 5.41) is 15.6. The van der Waals surface area contributed by atoms with Crippen LogP contribution in [0.4, 0.5) is 4.39 Å². The Labute approximate surface area is 139 Å². The molecular formula is C15H10ClFN4O3. The molecule has 0 bridgehead atoms. The number of carboxylic acid groups (broad SMARTS) is 1. The van der Waals surface area contributed by atoms with Gasteiger partial charge in [-0.05, 0) is 17.7 Å². The molecule has 9 heteroatoms. The first-order valence-electron chi connectivity index (χ1n) is 6.76. The number of carbonyl (C=O) groups is 2. The monoisotopic (exact) mass is 348 g/mol. The van der Waals surface area contributed by atoms with Crippen molar-refractivity contribution in [1.82, 2.24) is 19.9 Å². The van der Waals surface area contributed by atoms with Crippen molar-refractivity contribution in [3.8, 4) is 0 Å². The molecule has 0 fully saturated rings. The van der Waals surface area contributed by atoms with Crippen LogP contribution in [0, 0.1) is 5.82 Å². The molecular weight excluding hydrogens is 339 g/mol. The third-order valence-corrected chi connectivity index (χ3v) is 3.54. The summed E-state index contributed by atoms with van der Waals surface area (Å²) in [6.45, 7) is 0.0906. The van der Waals surface area contributed by atoms with Gasteiger partial charge in [0, 0.05) is 18.7 Å². The Hall–Kier alpha value is -3.00. The van der Waals surface area contributed by atoms with Gasteiger partial charge in [0.15, 0.2) is 11.3 Å². The Kier molecular flexibility index (Phi) is 4.13. The summed E-state index contributed by atoms with van der Waals surface area (Å²) in [7, 11) is 0. The number of rotatable bonds is 4. The number of aromatic nitrogens is 3. The average Bonchev–Trinajstić information content (AvgIpc) is 3.03. The van der Waals surface area contributed by atoms with Crippen LogP contribution in [0.15, 0.2) is 36.5 Å². The summed E-state index contributed by atoms with van der Waals surface area (Å²) in [5.41, 5.74) is 0.595. The second kappa shape index (κ2) is 6.25. The van der Waals surface area contributed by atoms with Crippen LogP contribution in [-0.4, -0.2) is 31.6 Å². The molecule has 0 atom stereocenters. The number of halogens is 2. The summed E-state index contributed by atoms with van der Waals surface area (Å²) < 4.78 is 14.2. The number of carbonyl (C=O) groups excluding carboxylic acids is 1. The fourth-order valence-electron chi connectivity index (χ4n) is 2.10. The van der Waals surface area contributed by atoms with Crippen molar-refractivity contribution in [2.75, 3.05) is 0 Å². The summed E-state index contributed by atoms with van der Waals surface area (Å²) in [6, 6.07) is 6.70. The molecule has 0 unspecified atom stereocenters. The first-order valence-corrected chi connectivity index (χ1v) is 7.13. The van der Waals surface area contributed by atoms with Gasteiger partial charge in [-0.25, -0.2) is 18.7 Å². The van der Waals surface area contributed by atoms with E-state index in [0.29, 0.717) is 5.56 Å². The number of hydrogen-bond acceptors (Lipinski definition) is 4. The quantitative estimate of drug-likeness (QED) is 0.753. The van der Waals surface area contributed by atoms with Crippen LogP contribution >= 0.6 is 11.6 Å². The predicted octanol–water partition coefficient (Wildman–Crippen LogP) is 2.15. The smallest absolute Gasteiger partial charge is 0.354 e. The van der Waals surface area contributed by atoms with Crippen molar-refractivity contribution >= 4 is 29.1 Å². The second-order valence-electron chi connectivity index (χ2n) is 4.86. The highest BCUT2D eigenvalue weighted by Crippen LogP contribution is 2.16. The van der Waals surface area contributed by atoms with E-state index < -0.39 is 17.7 Å². The number of nitrogens with zero attached hydrogens (tertiary/aromatic N) is 3. The Balaban J connectivity index is 1.83. The lowest BCUT2D eigenvalue weighted by Crippen LogP contribution is -2.25. The zero-order chi connectivity index (χ0) is 17.3. The minimum Gasteiger partial charge on any atom is -0.477 e. The molecule has 3 rings (SSSR count). The molecule has 1 amide bonds. The van der Waals surface area contributed by atoms with Crippen molar-refractivity contribution in [3.05, 3.63) is 64.3 Å². The van der Waals surface area contributed by atoms with Crippen LogP contribution in [0.3, 0.4) is 0 Å². The third kappa shape index (κ3) is 3.04. The number of fused-ring (bicyclic) bond motifs is 1. The summed E-state index contributed by atoms with van der Waals surface area (Å²) in [4.78, 5) is 27.5. The van der Waals surface area contributed by atoms with Crippen LogP contribution in [0.25, 0.3) is 5.65 Å². The van der Waals surface area contributed by atoms with Crippen LogP contribution < -0.4 is 5.32 Å². The second-order valence-corrected chi connectivity index (χ2v) is 5.27. The first kappa shape index (κ1) is 15.9. The Morgan fingerprint density at radius 1 is 1.29 bits per heavy atom. The molecule has 0 saturated heterocycles. The Bertz CT molecular complexity index is 957. The van der Waals surface area contributed by atoms with Gasteiger partial charge >= 0.3 is 5.97 Å². The zero-order valence-electron chi connectivity index (χ0n) is 12.0. The number of benzene rings is 1.